The second-order valence-electron chi connectivity index (χ2n) is 6.81. The molecule has 1 amide bonds. The van der Waals surface area contributed by atoms with Gasteiger partial charge in [0, 0.05) is 50.4 Å². The zero-order valence-corrected chi connectivity index (χ0v) is 15.1. The highest BCUT2D eigenvalue weighted by atomic mass is 16.1. The smallest absolute Gasteiger partial charge is 0.224 e. The fraction of sp³-hybridized carbons (Fsp3) is 0.632. The molecular weight excluding hydrogens is 300 g/mol. The van der Waals surface area contributed by atoms with Gasteiger partial charge >= 0.3 is 0 Å². The van der Waals surface area contributed by atoms with E-state index in [0.29, 0.717) is 0 Å². The van der Waals surface area contributed by atoms with Crippen molar-refractivity contribution in [2.24, 2.45) is 11.7 Å². The quantitative estimate of drug-likeness (QED) is 0.711. The number of nitrogens with one attached hydrogen (secondary N) is 1. The number of carbonyl (C=O) groups is 1. The number of para-hydroxylation sites is 1. The van der Waals surface area contributed by atoms with Crippen LogP contribution in [0.15, 0.2) is 30.3 Å². The number of hydrogen-bond acceptors (Lipinski definition) is 4. The van der Waals surface area contributed by atoms with Gasteiger partial charge < -0.3 is 16.0 Å². The summed E-state index contributed by atoms with van der Waals surface area (Å²) < 4.78 is 0. The number of anilines is 1. The third-order valence-electron chi connectivity index (χ3n) is 4.90. The minimum Gasteiger partial charge on any atom is -0.369 e. The van der Waals surface area contributed by atoms with Gasteiger partial charge in [0.15, 0.2) is 0 Å². The molecule has 0 radical (unpaired) electrons. The first-order valence-electron chi connectivity index (χ1n) is 9.13. The third kappa shape index (κ3) is 5.80. The van der Waals surface area contributed by atoms with Gasteiger partial charge in [-0.3, -0.25) is 9.69 Å². The monoisotopic (exact) mass is 332 g/mol. The van der Waals surface area contributed by atoms with E-state index in [1.165, 1.54) is 5.69 Å². The predicted molar refractivity (Wildman–Crippen MR) is 100 cm³/mol. The molecule has 1 aliphatic heterocycles. The number of nitrogens with two attached hydrogens (primary N) is 1. The lowest BCUT2D eigenvalue weighted by Crippen LogP contribution is -2.46. The molecule has 0 aromatic heterocycles. The minimum atomic E-state index is -0.115. The molecule has 1 saturated heterocycles. The van der Waals surface area contributed by atoms with Crippen molar-refractivity contribution in [1.82, 2.24) is 10.2 Å². The number of amides is 1. The highest BCUT2D eigenvalue weighted by Gasteiger charge is 2.17. The molecule has 0 bridgehead atoms. The van der Waals surface area contributed by atoms with E-state index in [1.54, 1.807) is 0 Å². The molecule has 0 saturated carbocycles. The van der Waals surface area contributed by atoms with Crippen molar-refractivity contribution >= 4 is 11.6 Å². The number of carbonyl (C=O) groups excluding carboxylic acids is 1. The van der Waals surface area contributed by atoms with Gasteiger partial charge in [0.2, 0.25) is 5.91 Å². The molecule has 1 heterocycles. The Bertz CT molecular complexity index is 483. The first kappa shape index (κ1) is 18.7. The standard InChI is InChI=1S/C19H32N4O/c1-16(17(2)20)19(24)21-10-6-7-11-22-12-14-23(15-13-22)18-8-4-3-5-9-18/h3-5,8-9,16-17H,6-7,10-15,20H2,1-2H3,(H,21,24). The van der Waals surface area contributed by atoms with E-state index in [2.05, 4.69) is 45.4 Å². The van der Waals surface area contributed by atoms with Crippen LogP contribution in [0, 0.1) is 5.92 Å². The van der Waals surface area contributed by atoms with Crippen LogP contribution >= 0.6 is 0 Å². The molecule has 24 heavy (non-hydrogen) atoms. The van der Waals surface area contributed by atoms with Crippen molar-refractivity contribution < 1.29 is 4.79 Å². The van der Waals surface area contributed by atoms with Crippen molar-refractivity contribution in [3.63, 3.8) is 0 Å². The normalized spacial score (nSPS) is 18.2. The van der Waals surface area contributed by atoms with Crippen LogP contribution in [0.25, 0.3) is 0 Å². The zero-order chi connectivity index (χ0) is 17.4. The Morgan fingerprint density at radius 3 is 2.42 bits per heavy atom. The Kier molecular flexibility index (Phi) is 7.53. The van der Waals surface area contributed by atoms with Gasteiger partial charge in [-0.2, -0.15) is 0 Å². The Labute approximate surface area is 146 Å². The lowest BCUT2D eigenvalue weighted by Gasteiger charge is -2.36. The van der Waals surface area contributed by atoms with Gasteiger partial charge in [0.25, 0.3) is 0 Å². The van der Waals surface area contributed by atoms with Crippen LogP contribution in [0.3, 0.4) is 0 Å². The Balaban J connectivity index is 1.56. The molecule has 1 aromatic carbocycles. The van der Waals surface area contributed by atoms with Gasteiger partial charge in [-0.05, 0) is 38.4 Å². The van der Waals surface area contributed by atoms with Crippen LogP contribution in [0.2, 0.25) is 0 Å². The molecule has 2 unspecified atom stereocenters. The maximum absolute atomic E-state index is 11.8. The first-order valence-corrected chi connectivity index (χ1v) is 9.13. The maximum Gasteiger partial charge on any atom is 0.224 e. The fourth-order valence-electron chi connectivity index (χ4n) is 2.94. The van der Waals surface area contributed by atoms with Crippen LogP contribution in [0.1, 0.15) is 26.7 Å². The zero-order valence-electron chi connectivity index (χ0n) is 15.1. The molecule has 3 N–H and O–H groups in total. The van der Waals surface area contributed by atoms with Crippen LogP contribution in [0.5, 0.6) is 0 Å². The van der Waals surface area contributed by atoms with Crippen molar-refractivity contribution in [1.29, 1.82) is 0 Å². The number of piperazine rings is 1. The molecule has 1 fully saturated rings. The molecule has 2 atom stereocenters. The summed E-state index contributed by atoms with van der Waals surface area (Å²) in [6.07, 6.45) is 2.15. The predicted octanol–water partition coefficient (Wildman–Crippen LogP) is 1.69. The van der Waals surface area contributed by atoms with Gasteiger partial charge in [0.1, 0.15) is 0 Å². The van der Waals surface area contributed by atoms with Gasteiger partial charge in [0.05, 0.1) is 0 Å². The summed E-state index contributed by atoms with van der Waals surface area (Å²) >= 11 is 0. The average Bonchev–Trinajstić information content (AvgIpc) is 2.61. The molecule has 134 valence electrons. The van der Waals surface area contributed by atoms with Crippen LogP contribution in [-0.2, 0) is 4.79 Å². The molecule has 1 aliphatic rings. The number of benzene rings is 1. The van der Waals surface area contributed by atoms with Gasteiger partial charge in [-0.15, -0.1) is 0 Å². The Morgan fingerprint density at radius 2 is 1.79 bits per heavy atom. The lowest BCUT2D eigenvalue weighted by molar-refractivity contribution is -0.124. The summed E-state index contributed by atoms with van der Waals surface area (Å²) in [4.78, 5) is 16.8. The molecule has 2 rings (SSSR count). The van der Waals surface area contributed by atoms with E-state index in [1.807, 2.05) is 13.8 Å². The summed E-state index contributed by atoms with van der Waals surface area (Å²) in [7, 11) is 0. The van der Waals surface area contributed by atoms with E-state index in [0.717, 1.165) is 52.1 Å². The number of rotatable bonds is 8. The summed E-state index contributed by atoms with van der Waals surface area (Å²) in [5.41, 5.74) is 7.07. The van der Waals surface area contributed by atoms with Crippen molar-refractivity contribution in [3.8, 4) is 0 Å². The maximum atomic E-state index is 11.8. The van der Waals surface area contributed by atoms with Crippen molar-refractivity contribution in [2.75, 3.05) is 44.2 Å². The van der Waals surface area contributed by atoms with E-state index in [9.17, 15) is 4.79 Å². The lowest BCUT2D eigenvalue weighted by atomic mass is 10.0. The minimum absolute atomic E-state index is 0.0708. The number of nitrogens with zero attached hydrogens (tertiary/aromatic N) is 2. The number of hydrogen-bond donors (Lipinski definition) is 2. The summed E-state index contributed by atoms with van der Waals surface area (Å²) in [6.45, 7) is 10.0. The second kappa shape index (κ2) is 9.64. The molecule has 0 aliphatic carbocycles. The first-order chi connectivity index (χ1) is 11.6. The summed E-state index contributed by atoms with van der Waals surface area (Å²) in [5, 5.41) is 2.98. The molecule has 5 nitrogen and oxygen atoms in total. The van der Waals surface area contributed by atoms with Crippen molar-refractivity contribution in [2.45, 2.75) is 32.7 Å². The van der Waals surface area contributed by atoms with E-state index in [4.69, 9.17) is 5.73 Å². The van der Waals surface area contributed by atoms with E-state index in [-0.39, 0.29) is 17.9 Å². The van der Waals surface area contributed by atoms with Crippen LogP contribution in [-0.4, -0.2) is 56.1 Å². The highest BCUT2D eigenvalue weighted by Crippen LogP contribution is 2.15. The summed E-state index contributed by atoms with van der Waals surface area (Å²) in [6, 6.07) is 10.5. The SMILES string of the molecule is CC(N)C(C)C(=O)NCCCCN1CCN(c2ccccc2)CC1. The van der Waals surface area contributed by atoms with Gasteiger partial charge in [-0.1, -0.05) is 25.1 Å². The van der Waals surface area contributed by atoms with E-state index >= 15 is 0 Å². The van der Waals surface area contributed by atoms with Crippen LogP contribution < -0.4 is 16.0 Å². The highest BCUT2D eigenvalue weighted by molar-refractivity contribution is 5.78. The molecular formula is C19H32N4O. The molecule has 1 aromatic rings. The Morgan fingerprint density at radius 1 is 1.12 bits per heavy atom. The number of unbranched alkanes of at least 4 members (excludes halogenated alkanes) is 1. The topological polar surface area (TPSA) is 61.6 Å². The van der Waals surface area contributed by atoms with Crippen molar-refractivity contribution in [3.05, 3.63) is 30.3 Å². The molecule has 0 spiro atoms. The average molecular weight is 332 g/mol. The molecule has 5 heteroatoms. The van der Waals surface area contributed by atoms with Gasteiger partial charge in [-0.25, -0.2) is 0 Å². The second-order valence-corrected chi connectivity index (χ2v) is 6.81. The largest absolute Gasteiger partial charge is 0.369 e. The van der Waals surface area contributed by atoms with E-state index < -0.39 is 0 Å². The Hall–Kier alpha value is -1.59. The third-order valence-corrected chi connectivity index (χ3v) is 4.90. The fourth-order valence-corrected chi connectivity index (χ4v) is 2.94. The summed E-state index contributed by atoms with van der Waals surface area (Å²) in [5.74, 6) is -0.0439. The van der Waals surface area contributed by atoms with Crippen LogP contribution in [0.4, 0.5) is 5.69 Å².